The van der Waals surface area contributed by atoms with Crippen molar-refractivity contribution in [3.05, 3.63) is 79.0 Å². The minimum Gasteiger partial charge on any atom is -0.497 e. The molecule has 34 heavy (non-hydrogen) atoms. The Morgan fingerprint density at radius 2 is 1.53 bits per heavy atom. The summed E-state index contributed by atoms with van der Waals surface area (Å²) in [6.07, 6.45) is 1.86. The zero-order valence-corrected chi connectivity index (χ0v) is 20.2. The van der Waals surface area contributed by atoms with E-state index >= 15 is 0 Å². The van der Waals surface area contributed by atoms with Crippen LogP contribution in [0.2, 0.25) is 0 Å². The van der Waals surface area contributed by atoms with Crippen LogP contribution in [0.5, 0.6) is 5.75 Å². The monoisotopic (exact) mass is 452 g/mol. The van der Waals surface area contributed by atoms with Gasteiger partial charge in [0.15, 0.2) is 0 Å². The van der Waals surface area contributed by atoms with E-state index in [1.54, 1.807) is 7.11 Å². The molecule has 4 aromatic rings. The van der Waals surface area contributed by atoms with Gasteiger partial charge in [-0.2, -0.15) is 0 Å². The Kier molecular flexibility index (Phi) is 6.37. The van der Waals surface area contributed by atoms with Gasteiger partial charge in [0, 0.05) is 60.9 Å². The molecule has 1 saturated heterocycles. The number of pyridine rings is 1. The van der Waals surface area contributed by atoms with Crippen molar-refractivity contribution in [2.24, 2.45) is 0 Å². The largest absolute Gasteiger partial charge is 0.497 e. The third-order valence-electron chi connectivity index (χ3n) is 6.72. The van der Waals surface area contributed by atoms with Gasteiger partial charge in [-0.25, -0.2) is 0 Å². The molecule has 0 saturated carbocycles. The predicted molar refractivity (Wildman–Crippen MR) is 142 cm³/mol. The highest BCUT2D eigenvalue weighted by molar-refractivity contribution is 5.95. The van der Waals surface area contributed by atoms with Crippen LogP contribution in [0.4, 0.5) is 17.1 Å². The first-order valence-electron chi connectivity index (χ1n) is 12.0. The molecular formula is C29H32N4O. The molecule has 174 valence electrons. The molecule has 1 N–H and O–H groups in total. The van der Waals surface area contributed by atoms with Crippen molar-refractivity contribution < 1.29 is 4.74 Å². The topological polar surface area (TPSA) is 40.6 Å². The number of methoxy groups -OCH3 is 1. The van der Waals surface area contributed by atoms with Gasteiger partial charge < -0.3 is 15.0 Å². The fourth-order valence-electron chi connectivity index (χ4n) is 4.63. The van der Waals surface area contributed by atoms with Gasteiger partial charge in [0.1, 0.15) is 5.75 Å². The lowest BCUT2D eigenvalue weighted by atomic mass is 10.0. The molecule has 0 spiro atoms. The van der Waals surface area contributed by atoms with Crippen LogP contribution in [0.15, 0.2) is 79.0 Å². The molecule has 0 atom stereocenters. The molecule has 3 aromatic carbocycles. The summed E-state index contributed by atoms with van der Waals surface area (Å²) < 4.78 is 5.30. The SMILES string of the molecule is COc1ccc(-c2ccc3nccc(Nc4ccc(N5CCN(C(C)C)CC5)cc4)c3c2)cc1. The normalized spacial score (nSPS) is 14.5. The highest BCUT2D eigenvalue weighted by Gasteiger charge is 2.18. The number of nitrogens with one attached hydrogen (secondary N) is 1. The summed E-state index contributed by atoms with van der Waals surface area (Å²) in [6, 6.07) is 26.0. The average Bonchev–Trinajstić information content (AvgIpc) is 2.89. The van der Waals surface area contributed by atoms with E-state index < -0.39 is 0 Å². The first-order chi connectivity index (χ1) is 16.6. The number of aromatic nitrogens is 1. The third kappa shape index (κ3) is 4.70. The molecule has 0 unspecified atom stereocenters. The molecule has 1 aromatic heterocycles. The van der Waals surface area contributed by atoms with Gasteiger partial charge in [0.05, 0.1) is 12.6 Å². The second-order valence-corrected chi connectivity index (χ2v) is 9.11. The number of benzene rings is 3. The smallest absolute Gasteiger partial charge is 0.118 e. The minimum absolute atomic E-state index is 0.620. The van der Waals surface area contributed by atoms with Crippen LogP contribution in [0.3, 0.4) is 0 Å². The van der Waals surface area contributed by atoms with Crippen molar-refractivity contribution in [1.29, 1.82) is 0 Å². The fraction of sp³-hybridized carbons (Fsp3) is 0.276. The third-order valence-corrected chi connectivity index (χ3v) is 6.72. The zero-order chi connectivity index (χ0) is 23.5. The fourth-order valence-corrected chi connectivity index (χ4v) is 4.63. The average molecular weight is 453 g/mol. The lowest BCUT2D eigenvalue weighted by Gasteiger charge is -2.38. The first kappa shape index (κ1) is 22.2. The Morgan fingerprint density at radius 1 is 0.824 bits per heavy atom. The summed E-state index contributed by atoms with van der Waals surface area (Å²) in [5.74, 6) is 0.860. The summed E-state index contributed by atoms with van der Waals surface area (Å²) in [5, 5.41) is 4.71. The lowest BCUT2D eigenvalue weighted by molar-refractivity contribution is 0.209. The van der Waals surface area contributed by atoms with Crippen LogP contribution < -0.4 is 15.0 Å². The van der Waals surface area contributed by atoms with Crippen LogP contribution >= 0.6 is 0 Å². The molecule has 2 heterocycles. The Hall–Kier alpha value is -3.57. The van der Waals surface area contributed by atoms with Gasteiger partial charge in [-0.3, -0.25) is 9.88 Å². The number of piperazine rings is 1. The summed E-state index contributed by atoms with van der Waals surface area (Å²) in [5.41, 5.74) is 6.70. The van der Waals surface area contributed by atoms with Crippen molar-refractivity contribution in [3.8, 4) is 16.9 Å². The molecule has 1 aliphatic heterocycles. The molecule has 0 bridgehead atoms. The van der Waals surface area contributed by atoms with E-state index in [9.17, 15) is 0 Å². The maximum absolute atomic E-state index is 5.30. The molecular weight excluding hydrogens is 420 g/mol. The number of fused-ring (bicyclic) bond motifs is 1. The molecule has 0 radical (unpaired) electrons. The Labute approximate surface area is 202 Å². The van der Waals surface area contributed by atoms with Gasteiger partial charge in [0.2, 0.25) is 0 Å². The highest BCUT2D eigenvalue weighted by Crippen LogP contribution is 2.31. The second-order valence-electron chi connectivity index (χ2n) is 9.11. The molecule has 1 aliphatic rings. The Bertz CT molecular complexity index is 1240. The summed E-state index contributed by atoms with van der Waals surface area (Å²) in [7, 11) is 1.69. The van der Waals surface area contributed by atoms with E-state index in [4.69, 9.17) is 4.74 Å². The van der Waals surface area contributed by atoms with Crippen LogP contribution in [-0.4, -0.2) is 49.2 Å². The maximum atomic E-state index is 5.30. The van der Waals surface area contributed by atoms with Crippen LogP contribution in [0.25, 0.3) is 22.0 Å². The molecule has 5 rings (SSSR count). The maximum Gasteiger partial charge on any atom is 0.118 e. The van der Waals surface area contributed by atoms with E-state index in [-0.39, 0.29) is 0 Å². The number of hydrogen-bond donors (Lipinski definition) is 1. The second kappa shape index (κ2) is 9.74. The minimum atomic E-state index is 0.620. The predicted octanol–water partition coefficient (Wildman–Crippen LogP) is 6.18. The van der Waals surface area contributed by atoms with E-state index in [2.05, 4.69) is 88.5 Å². The van der Waals surface area contributed by atoms with E-state index in [0.717, 1.165) is 65.3 Å². The standard InChI is InChI=1S/C29H32N4O/c1-21(2)32-16-18-33(19-17-32)25-9-7-24(8-10-25)31-29-14-15-30-28-13-6-23(20-27(28)29)22-4-11-26(34-3)12-5-22/h4-15,20-21H,16-19H2,1-3H3,(H,30,31). The van der Waals surface area contributed by atoms with Gasteiger partial charge in [-0.1, -0.05) is 18.2 Å². The number of nitrogens with zero attached hydrogens (tertiary/aromatic N) is 3. The van der Waals surface area contributed by atoms with Gasteiger partial charge in [0.25, 0.3) is 0 Å². The van der Waals surface area contributed by atoms with Crippen molar-refractivity contribution in [2.45, 2.75) is 19.9 Å². The highest BCUT2D eigenvalue weighted by atomic mass is 16.5. The number of ether oxygens (including phenoxy) is 1. The van der Waals surface area contributed by atoms with Crippen molar-refractivity contribution in [2.75, 3.05) is 43.5 Å². The van der Waals surface area contributed by atoms with Crippen molar-refractivity contribution in [1.82, 2.24) is 9.88 Å². The summed E-state index contributed by atoms with van der Waals surface area (Å²) in [6.45, 7) is 8.95. The van der Waals surface area contributed by atoms with Gasteiger partial charge in [-0.15, -0.1) is 0 Å². The summed E-state index contributed by atoms with van der Waals surface area (Å²) >= 11 is 0. The van der Waals surface area contributed by atoms with Crippen molar-refractivity contribution >= 4 is 28.0 Å². The number of rotatable bonds is 6. The van der Waals surface area contributed by atoms with Crippen LogP contribution in [-0.2, 0) is 0 Å². The summed E-state index contributed by atoms with van der Waals surface area (Å²) in [4.78, 5) is 9.59. The molecule has 5 nitrogen and oxygen atoms in total. The molecule has 5 heteroatoms. The molecule has 1 fully saturated rings. The number of hydrogen-bond acceptors (Lipinski definition) is 5. The van der Waals surface area contributed by atoms with Crippen LogP contribution in [0, 0.1) is 0 Å². The Balaban J connectivity index is 1.35. The van der Waals surface area contributed by atoms with Gasteiger partial charge >= 0.3 is 0 Å². The van der Waals surface area contributed by atoms with E-state index in [1.807, 2.05) is 24.4 Å². The first-order valence-corrected chi connectivity index (χ1v) is 12.0. The van der Waals surface area contributed by atoms with E-state index in [0.29, 0.717) is 6.04 Å². The quantitative estimate of drug-likeness (QED) is 0.378. The Morgan fingerprint density at radius 3 is 2.21 bits per heavy atom. The molecule has 0 aliphatic carbocycles. The van der Waals surface area contributed by atoms with Gasteiger partial charge in [-0.05, 0) is 79.6 Å². The lowest BCUT2D eigenvalue weighted by Crippen LogP contribution is -2.48. The van der Waals surface area contributed by atoms with Crippen molar-refractivity contribution in [3.63, 3.8) is 0 Å². The molecule has 0 amide bonds. The van der Waals surface area contributed by atoms with E-state index in [1.165, 1.54) is 5.69 Å². The zero-order valence-electron chi connectivity index (χ0n) is 20.2. The van der Waals surface area contributed by atoms with Crippen LogP contribution in [0.1, 0.15) is 13.8 Å². The number of anilines is 3.